The summed E-state index contributed by atoms with van der Waals surface area (Å²) in [6, 6.07) is 18.5. The molecule has 0 amide bonds. The summed E-state index contributed by atoms with van der Waals surface area (Å²) in [7, 11) is 0. The Balaban J connectivity index is 2.31. The lowest BCUT2D eigenvalue weighted by molar-refractivity contribution is -0.162. The molecule has 0 fully saturated rings. The van der Waals surface area contributed by atoms with Crippen LogP contribution in [0.1, 0.15) is 37.3 Å². The zero-order chi connectivity index (χ0) is 21.1. The molecule has 2 aromatic rings. The second-order valence-corrected chi connectivity index (χ2v) is 6.41. The van der Waals surface area contributed by atoms with Crippen LogP contribution in [-0.4, -0.2) is 30.9 Å². The second-order valence-electron chi connectivity index (χ2n) is 6.41. The van der Waals surface area contributed by atoms with Crippen molar-refractivity contribution in [1.82, 2.24) is 0 Å². The largest absolute Gasteiger partial charge is 0.465 e. The quantitative estimate of drug-likeness (QED) is 0.343. The standard InChI is InChI=1S/C24H26O5/c1-3-28-23(26)22(24(27)29-4-2)21(19-13-9-6-10-14-19)17-20(25)16-15-18-11-7-5-8-12-18/h5-16,21-22H,3-4,17H2,1-2H3/b16-15+. The van der Waals surface area contributed by atoms with E-state index in [1.54, 1.807) is 44.2 Å². The minimum atomic E-state index is -1.20. The Morgan fingerprint density at radius 2 is 1.34 bits per heavy atom. The van der Waals surface area contributed by atoms with Crippen molar-refractivity contribution in [3.05, 3.63) is 77.9 Å². The van der Waals surface area contributed by atoms with E-state index in [1.807, 2.05) is 36.4 Å². The summed E-state index contributed by atoms with van der Waals surface area (Å²) in [6.45, 7) is 3.62. The molecule has 0 aliphatic carbocycles. The van der Waals surface area contributed by atoms with E-state index in [-0.39, 0.29) is 25.4 Å². The number of ether oxygens (including phenoxy) is 2. The van der Waals surface area contributed by atoms with Gasteiger partial charge >= 0.3 is 11.9 Å². The minimum Gasteiger partial charge on any atom is -0.465 e. The summed E-state index contributed by atoms with van der Waals surface area (Å²) in [5.74, 6) is -3.44. The molecule has 2 aromatic carbocycles. The number of allylic oxidation sites excluding steroid dienone is 1. The number of ketones is 1. The monoisotopic (exact) mass is 394 g/mol. The molecule has 0 bridgehead atoms. The van der Waals surface area contributed by atoms with Gasteiger partial charge in [-0.2, -0.15) is 0 Å². The molecule has 1 unspecified atom stereocenters. The highest BCUT2D eigenvalue weighted by Crippen LogP contribution is 2.31. The van der Waals surface area contributed by atoms with Gasteiger partial charge < -0.3 is 9.47 Å². The molecule has 5 nitrogen and oxygen atoms in total. The van der Waals surface area contributed by atoms with Crippen LogP contribution in [-0.2, 0) is 23.9 Å². The van der Waals surface area contributed by atoms with E-state index in [1.165, 1.54) is 6.08 Å². The van der Waals surface area contributed by atoms with Crippen molar-refractivity contribution < 1.29 is 23.9 Å². The number of hydrogen-bond acceptors (Lipinski definition) is 5. The predicted octanol–water partition coefficient (Wildman–Crippen LogP) is 4.19. The van der Waals surface area contributed by atoms with Crippen molar-refractivity contribution >= 4 is 23.8 Å². The van der Waals surface area contributed by atoms with Crippen LogP contribution < -0.4 is 0 Å². The first kappa shape index (κ1) is 22.1. The molecule has 0 aliphatic heterocycles. The summed E-state index contributed by atoms with van der Waals surface area (Å²) < 4.78 is 10.2. The lowest BCUT2D eigenvalue weighted by Crippen LogP contribution is -2.34. The van der Waals surface area contributed by atoms with Crippen molar-refractivity contribution in [3.63, 3.8) is 0 Å². The zero-order valence-electron chi connectivity index (χ0n) is 16.7. The molecule has 2 rings (SSSR count). The summed E-state index contributed by atoms with van der Waals surface area (Å²) in [5, 5.41) is 0. The van der Waals surface area contributed by atoms with Crippen molar-refractivity contribution in [2.75, 3.05) is 13.2 Å². The number of esters is 2. The van der Waals surface area contributed by atoms with E-state index in [0.29, 0.717) is 5.56 Å². The molecular formula is C24H26O5. The van der Waals surface area contributed by atoms with E-state index in [0.717, 1.165) is 5.56 Å². The van der Waals surface area contributed by atoms with Crippen molar-refractivity contribution in [1.29, 1.82) is 0 Å². The van der Waals surface area contributed by atoms with Crippen LogP contribution in [0.25, 0.3) is 6.08 Å². The Morgan fingerprint density at radius 3 is 1.86 bits per heavy atom. The van der Waals surface area contributed by atoms with E-state index >= 15 is 0 Å². The Labute approximate surface area is 171 Å². The van der Waals surface area contributed by atoms with E-state index < -0.39 is 23.8 Å². The van der Waals surface area contributed by atoms with Crippen molar-refractivity contribution in [3.8, 4) is 0 Å². The fraction of sp³-hybridized carbons (Fsp3) is 0.292. The molecule has 5 heteroatoms. The highest BCUT2D eigenvalue weighted by Gasteiger charge is 2.39. The summed E-state index contributed by atoms with van der Waals surface area (Å²) in [5.41, 5.74) is 1.60. The van der Waals surface area contributed by atoms with Gasteiger partial charge in [0.2, 0.25) is 0 Å². The molecule has 0 spiro atoms. The van der Waals surface area contributed by atoms with Crippen LogP contribution in [0.5, 0.6) is 0 Å². The van der Waals surface area contributed by atoms with Crippen LogP contribution in [0.2, 0.25) is 0 Å². The van der Waals surface area contributed by atoms with E-state index in [2.05, 4.69) is 0 Å². The topological polar surface area (TPSA) is 69.7 Å². The minimum absolute atomic E-state index is 0.0182. The molecule has 0 saturated carbocycles. The molecular weight excluding hydrogens is 368 g/mol. The van der Waals surface area contributed by atoms with Crippen molar-refractivity contribution in [2.24, 2.45) is 5.92 Å². The third-order valence-electron chi connectivity index (χ3n) is 4.39. The highest BCUT2D eigenvalue weighted by atomic mass is 16.6. The predicted molar refractivity (Wildman–Crippen MR) is 111 cm³/mol. The van der Waals surface area contributed by atoms with Gasteiger partial charge in [-0.05, 0) is 31.1 Å². The van der Waals surface area contributed by atoms with E-state index in [9.17, 15) is 14.4 Å². The van der Waals surface area contributed by atoms with Gasteiger partial charge in [-0.3, -0.25) is 14.4 Å². The second kappa shape index (κ2) is 11.6. The summed E-state index contributed by atoms with van der Waals surface area (Å²) >= 11 is 0. The fourth-order valence-electron chi connectivity index (χ4n) is 3.06. The van der Waals surface area contributed by atoms with Gasteiger partial charge in [0.25, 0.3) is 0 Å². The fourth-order valence-corrected chi connectivity index (χ4v) is 3.06. The van der Waals surface area contributed by atoms with Crippen LogP contribution in [0.3, 0.4) is 0 Å². The normalized spacial score (nSPS) is 12.0. The van der Waals surface area contributed by atoms with Crippen LogP contribution in [0, 0.1) is 5.92 Å². The molecule has 29 heavy (non-hydrogen) atoms. The Bertz CT molecular complexity index is 809. The molecule has 0 N–H and O–H groups in total. The summed E-state index contributed by atoms with van der Waals surface area (Å²) in [6.07, 6.45) is 3.17. The number of carbonyl (C=O) groups is 3. The Hall–Kier alpha value is -3.21. The highest BCUT2D eigenvalue weighted by molar-refractivity contribution is 5.99. The van der Waals surface area contributed by atoms with Gasteiger partial charge in [0.05, 0.1) is 13.2 Å². The smallest absolute Gasteiger partial charge is 0.320 e. The lowest BCUT2D eigenvalue weighted by Gasteiger charge is -2.24. The molecule has 0 radical (unpaired) electrons. The van der Waals surface area contributed by atoms with Crippen LogP contribution in [0.15, 0.2) is 66.7 Å². The maximum atomic E-state index is 12.7. The molecule has 0 saturated heterocycles. The summed E-state index contributed by atoms with van der Waals surface area (Å²) in [4.78, 5) is 37.8. The lowest BCUT2D eigenvalue weighted by atomic mass is 9.82. The van der Waals surface area contributed by atoms with Gasteiger partial charge in [0.1, 0.15) is 0 Å². The third kappa shape index (κ3) is 6.71. The average molecular weight is 394 g/mol. The van der Waals surface area contributed by atoms with E-state index in [4.69, 9.17) is 9.47 Å². The van der Waals surface area contributed by atoms with Gasteiger partial charge in [-0.1, -0.05) is 66.7 Å². The number of rotatable bonds is 10. The van der Waals surface area contributed by atoms with Gasteiger partial charge in [0, 0.05) is 12.3 Å². The molecule has 0 heterocycles. The zero-order valence-corrected chi connectivity index (χ0v) is 16.7. The molecule has 1 atom stereocenters. The number of carbonyl (C=O) groups excluding carboxylic acids is 3. The maximum Gasteiger partial charge on any atom is 0.320 e. The first-order chi connectivity index (χ1) is 14.1. The average Bonchev–Trinajstić information content (AvgIpc) is 2.73. The van der Waals surface area contributed by atoms with Gasteiger partial charge in [-0.15, -0.1) is 0 Å². The van der Waals surface area contributed by atoms with Crippen LogP contribution >= 0.6 is 0 Å². The van der Waals surface area contributed by atoms with Gasteiger partial charge in [0.15, 0.2) is 11.7 Å². The Morgan fingerprint density at radius 1 is 0.828 bits per heavy atom. The first-order valence-corrected chi connectivity index (χ1v) is 9.71. The number of hydrogen-bond donors (Lipinski definition) is 0. The molecule has 0 aliphatic rings. The number of benzene rings is 2. The third-order valence-corrected chi connectivity index (χ3v) is 4.39. The molecule has 0 aromatic heterocycles. The van der Waals surface area contributed by atoms with Crippen molar-refractivity contribution in [2.45, 2.75) is 26.2 Å². The first-order valence-electron chi connectivity index (χ1n) is 9.71. The Kier molecular flexibility index (Phi) is 8.83. The SMILES string of the molecule is CCOC(=O)C(C(=O)OCC)C(CC(=O)/C=C/c1ccccc1)c1ccccc1. The van der Waals surface area contributed by atoms with Gasteiger partial charge in [-0.25, -0.2) is 0 Å². The molecule has 152 valence electrons. The maximum absolute atomic E-state index is 12.7. The van der Waals surface area contributed by atoms with Crippen LogP contribution in [0.4, 0.5) is 0 Å².